The first-order valence-electron chi connectivity index (χ1n) is 11.9. The number of anilines is 2. The monoisotopic (exact) mass is 475 g/mol. The predicted octanol–water partition coefficient (Wildman–Crippen LogP) is 6.28. The van der Waals surface area contributed by atoms with Crippen molar-refractivity contribution in [2.45, 2.75) is 39.8 Å². The van der Waals surface area contributed by atoms with Gasteiger partial charge in [-0.3, -0.25) is 9.59 Å². The smallest absolute Gasteiger partial charge is 0.254 e. The van der Waals surface area contributed by atoms with Crippen molar-refractivity contribution in [3.8, 4) is 0 Å². The average Bonchev–Trinajstić information content (AvgIpc) is 2.81. The Kier molecular flexibility index (Phi) is 8.63. The molecule has 0 saturated heterocycles. The molecule has 35 heavy (non-hydrogen) atoms. The normalized spacial score (nSPS) is 11.7. The predicted molar refractivity (Wildman–Crippen MR) is 140 cm³/mol. The van der Waals surface area contributed by atoms with E-state index in [-0.39, 0.29) is 30.3 Å². The third kappa shape index (κ3) is 6.92. The molecular formula is C29H34FN3O2. The standard InChI is InChI=1S/C29H34FN3O2/c1-20(2)16-28(34)31-26-14-15-27(32(4)5)24(18-26)19-33(21(3)22-10-7-6-8-11-22)29(35)23-12-9-13-25(30)17-23/h6-15,17-18,20-21H,16,19H2,1-5H3,(H,31,34)/t21-/m0/s1. The first-order valence-corrected chi connectivity index (χ1v) is 11.9. The van der Waals surface area contributed by atoms with Gasteiger partial charge in [-0.2, -0.15) is 0 Å². The van der Waals surface area contributed by atoms with Gasteiger partial charge < -0.3 is 15.1 Å². The highest BCUT2D eigenvalue weighted by Crippen LogP contribution is 2.30. The Morgan fingerprint density at radius 1 is 0.914 bits per heavy atom. The Morgan fingerprint density at radius 3 is 2.26 bits per heavy atom. The van der Waals surface area contributed by atoms with Crippen LogP contribution >= 0.6 is 0 Å². The maximum atomic E-state index is 14.0. The quantitative estimate of drug-likeness (QED) is 0.396. The second kappa shape index (κ2) is 11.6. The zero-order chi connectivity index (χ0) is 25.5. The number of rotatable bonds is 9. The van der Waals surface area contributed by atoms with Gasteiger partial charge in [-0.05, 0) is 60.4 Å². The van der Waals surface area contributed by atoms with Crippen molar-refractivity contribution in [1.82, 2.24) is 4.90 Å². The van der Waals surface area contributed by atoms with Gasteiger partial charge >= 0.3 is 0 Å². The third-order valence-electron chi connectivity index (χ3n) is 5.86. The zero-order valence-electron chi connectivity index (χ0n) is 21.1. The molecule has 1 atom stereocenters. The number of halogens is 1. The van der Waals surface area contributed by atoms with E-state index in [9.17, 15) is 14.0 Å². The number of amides is 2. The van der Waals surface area contributed by atoms with E-state index in [0.717, 1.165) is 16.8 Å². The van der Waals surface area contributed by atoms with Gasteiger partial charge in [0.05, 0.1) is 6.04 Å². The summed E-state index contributed by atoms with van der Waals surface area (Å²) in [5.74, 6) is -0.512. The van der Waals surface area contributed by atoms with Crippen LogP contribution in [0, 0.1) is 11.7 Å². The molecule has 0 fully saturated rings. The van der Waals surface area contributed by atoms with Gasteiger partial charge in [0.15, 0.2) is 0 Å². The van der Waals surface area contributed by atoms with Crippen molar-refractivity contribution in [2.24, 2.45) is 5.92 Å². The SMILES string of the molecule is CC(C)CC(=O)Nc1ccc(N(C)C)c(CN(C(=O)c2cccc(F)c2)[C@@H](C)c2ccccc2)c1. The van der Waals surface area contributed by atoms with Gasteiger partial charge in [0, 0.05) is 44.0 Å². The maximum absolute atomic E-state index is 14.0. The number of benzene rings is 3. The summed E-state index contributed by atoms with van der Waals surface area (Å²) in [5, 5.41) is 2.97. The minimum atomic E-state index is -0.452. The molecule has 3 rings (SSSR count). The van der Waals surface area contributed by atoms with E-state index in [1.807, 2.05) is 88.3 Å². The summed E-state index contributed by atoms with van der Waals surface area (Å²) >= 11 is 0. The second-order valence-electron chi connectivity index (χ2n) is 9.41. The molecule has 0 aliphatic rings. The molecule has 2 amide bonds. The van der Waals surface area contributed by atoms with Crippen LogP contribution in [0.3, 0.4) is 0 Å². The fraction of sp³-hybridized carbons (Fsp3) is 0.310. The first-order chi connectivity index (χ1) is 16.7. The first kappa shape index (κ1) is 25.9. The Labute approximate surface area is 207 Å². The fourth-order valence-electron chi connectivity index (χ4n) is 4.08. The number of nitrogens with zero attached hydrogens (tertiary/aromatic N) is 2. The molecule has 3 aromatic carbocycles. The molecule has 0 unspecified atom stereocenters. The maximum Gasteiger partial charge on any atom is 0.254 e. The van der Waals surface area contributed by atoms with Crippen molar-refractivity contribution >= 4 is 23.2 Å². The number of nitrogens with one attached hydrogen (secondary N) is 1. The molecule has 0 saturated carbocycles. The molecule has 1 N–H and O–H groups in total. The molecule has 0 aliphatic carbocycles. The van der Waals surface area contributed by atoms with Crippen molar-refractivity contribution in [1.29, 1.82) is 0 Å². The Balaban J connectivity index is 2.01. The largest absolute Gasteiger partial charge is 0.377 e. The summed E-state index contributed by atoms with van der Waals surface area (Å²) in [6.45, 7) is 6.25. The molecule has 0 heterocycles. The van der Waals surface area contributed by atoms with Crippen LogP contribution in [0.5, 0.6) is 0 Å². The van der Waals surface area contributed by atoms with Crippen molar-refractivity contribution in [2.75, 3.05) is 24.3 Å². The minimum Gasteiger partial charge on any atom is -0.377 e. The summed E-state index contributed by atoms with van der Waals surface area (Å²) in [6, 6.07) is 21.0. The van der Waals surface area contributed by atoms with Gasteiger partial charge in [-0.25, -0.2) is 4.39 Å². The van der Waals surface area contributed by atoms with Crippen LogP contribution < -0.4 is 10.2 Å². The number of carbonyl (C=O) groups excluding carboxylic acids is 2. The molecule has 5 nitrogen and oxygen atoms in total. The Morgan fingerprint density at radius 2 is 1.63 bits per heavy atom. The van der Waals surface area contributed by atoms with Gasteiger partial charge in [0.1, 0.15) is 5.82 Å². The Bertz CT molecular complexity index is 1160. The lowest BCUT2D eigenvalue weighted by molar-refractivity contribution is -0.116. The molecule has 184 valence electrons. The fourth-order valence-corrected chi connectivity index (χ4v) is 4.08. The molecule has 6 heteroatoms. The minimum absolute atomic E-state index is 0.0473. The summed E-state index contributed by atoms with van der Waals surface area (Å²) < 4.78 is 14.0. The molecule has 0 bridgehead atoms. The summed E-state index contributed by atoms with van der Waals surface area (Å²) in [4.78, 5) is 29.8. The number of hydrogen-bond donors (Lipinski definition) is 1. The van der Waals surface area contributed by atoms with E-state index in [0.29, 0.717) is 17.7 Å². The van der Waals surface area contributed by atoms with Crippen LogP contribution in [-0.2, 0) is 11.3 Å². The van der Waals surface area contributed by atoms with Crippen LogP contribution in [0.15, 0.2) is 72.8 Å². The van der Waals surface area contributed by atoms with E-state index in [2.05, 4.69) is 5.32 Å². The van der Waals surface area contributed by atoms with Crippen molar-refractivity contribution < 1.29 is 14.0 Å². The van der Waals surface area contributed by atoms with Crippen LogP contribution in [0.1, 0.15) is 54.7 Å². The lowest BCUT2D eigenvalue weighted by Gasteiger charge is -2.32. The zero-order valence-corrected chi connectivity index (χ0v) is 21.1. The van der Waals surface area contributed by atoms with E-state index >= 15 is 0 Å². The van der Waals surface area contributed by atoms with E-state index in [1.54, 1.807) is 17.0 Å². The molecule has 3 aromatic rings. The van der Waals surface area contributed by atoms with Crippen molar-refractivity contribution in [3.05, 3.63) is 95.3 Å². The molecule has 0 aliphatic heterocycles. The van der Waals surface area contributed by atoms with Gasteiger partial charge in [-0.1, -0.05) is 50.2 Å². The summed E-state index contributed by atoms with van der Waals surface area (Å²) in [5.41, 5.74) is 3.77. The van der Waals surface area contributed by atoms with Crippen LogP contribution in [0.4, 0.5) is 15.8 Å². The van der Waals surface area contributed by atoms with Crippen LogP contribution in [0.25, 0.3) is 0 Å². The lowest BCUT2D eigenvalue weighted by Crippen LogP contribution is -2.34. The topological polar surface area (TPSA) is 52.7 Å². The summed E-state index contributed by atoms with van der Waals surface area (Å²) in [6.07, 6.45) is 0.431. The highest BCUT2D eigenvalue weighted by Gasteiger charge is 2.25. The highest BCUT2D eigenvalue weighted by atomic mass is 19.1. The lowest BCUT2D eigenvalue weighted by atomic mass is 10.0. The molecule has 0 radical (unpaired) electrons. The average molecular weight is 476 g/mol. The molecular weight excluding hydrogens is 441 g/mol. The van der Waals surface area contributed by atoms with E-state index in [4.69, 9.17) is 0 Å². The van der Waals surface area contributed by atoms with E-state index in [1.165, 1.54) is 12.1 Å². The van der Waals surface area contributed by atoms with Crippen molar-refractivity contribution in [3.63, 3.8) is 0 Å². The molecule has 0 aromatic heterocycles. The van der Waals surface area contributed by atoms with Gasteiger partial charge in [0.2, 0.25) is 5.91 Å². The Hall–Kier alpha value is -3.67. The molecule has 0 spiro atoms. The van der Waals surface area contributed by atoms with Gasteiger partial charge in [-0.15, -0.1) is 0 Å². The van der Waals surface area contributed by atoms with Crippen LogP contribution in [-0.4, -0.2) is 30.8 Å². The number of carbonyl (C=O) groups is 2. The highest BCUT2D eigenvalue weighted by molar-refractivity contribution is 5.95. The van der Waals surface area contributed by atoms with E-state index < -0.39 is 5.82 Å². The number of hydrogen-bond acceptors (Lipinski definition) is 3. The van der Waals surface area contributed by atoms with Crippen LogP contribution in [0.2, 0.25) is 0 Å². The van der Waals surface area contributed by atoms with Gasteiger partial charge in [0.25, 0.3) is 5.91 Å². The summed E-state index contributed by atoms with van der Waals surface area (Å²) in [7, 11) is 3.88. The third-order valence-corrected chi connectivity index (χ3v) is 5.86. The second-order valence-corrected chi connectivity index (χ2v) is 9.41.